The van der Waals surface area contributed by atoms with Crippen molar-refractivity contribution in [2.24, 2.45) is 0 Å². The van der Waals surface area contributed by atoms with Crippen LogP contribution >= 0.6 is 0 Å². The number of benzene rings is 2. The molecule has 2 aromatic rings. The van der Waals surface area contributed by atoms with Gasteiger partial charge in [0.25, 0.3) is 0 Å². The molecule has 0 radical (unpaired) electrons. The molecule has 0 amide bonds. The van der Waals surface area contributed by atoms with Crippen molar-refractivity contribution in [1.29, 1.82) is 0 Å². The molecule has 2 rings (SSSR count). The van der Waals surface area contributed by atoms with E-state index in [0.717, 1.165) is 12.8 Å². The van der Waals surface area contributed by atoms with E-state index in [2.05, 4.69) is 67.0 Å². The zero-order valence-corrected chi connectivity index (χ0v) is 11.8. The fourth-order valence-corrected chi connectivity index (χ4v) is 2.31. The summed E-state index contributed by atoms with van der Waals surface area (Å²) in [5.41, 5.74) is 3.72. The smallest absolute Gasteiger partial charge is 0.0548 e. The first-order chi connectivity index (χ1) is 9.85. The number of hydrogen-bond acceptors (Lipinski definition) is 1. The standard InChI is InChI=1S/C19H21N/c1-3-10-16-14-8-9-15-19(16)20-18(11-4-2)17-12-6-5-7-13-17/h3-9,12-15,18,20H,1-2,10-11H2. The van der Waals surface area contributed by atoms with Gasteiger partial charge in [-0.1, -0.05) is 60.7 Å². The molecule has 2 aromatic carbocycles. The zero-order valence-electron chi connectivity index (χ0n) is 11.8. The van der Waals surface area contributed by atoms with Gasteiger partial charge >= 0.3 is 0 Å². The van der Waals surface area contributed by atoms with Crippen LogP contribution in [0.4, 0.5) is 5.69 Å². The molecule has 0 saturated heterocycles. The molecule has 0 fully saturated rings. The van der Waals surface area contributed by atoms with Crippen molar-refractivity contribution in [1.82, 2.24) is 0 Å². The lowest BCUT2D eigenvalue weighted by atomic mass is 10.0. The molecule has 20 heavy (non-hydrogen) atoms. The molecule has 0 heterocycles. The van der Waals surface area contributed by atoms with Gasteiger partial charge in [-0.3, -0.25) is 0 Å². The third kappa shape index (κ3) is 3.61. The molecule has 1 N–H and O–H groups in total. The van der Waals surface area contributed by atoms with E-state index in [1.54, 1.807) is 0 Å². The summed E-state index contributed by atoms with van der Waals surface area (Å²) >= 11 is 0. The SMILES string of the molecule is C=CCc1ccccc1NC(CC=C)c1ccccc1. The number of rotatable bonds is 7. The van der Waals surface area contributed by atoms with Gasteiger partial charge in [0.15, 0.2) is 0 Å². The average molecular weight is 263 g/mol. The molecule has 0 aliphatic carbocycles. The predicted octanol–water partition coefficient (Wildman–Crippen LogP) is 5.14. The Kier molecular flexibility index (Phi) is 5.19. The maximum absolute atomic E-state index is 3.87. The summed E-state index contributed by atoms with van der Waals surface area (Å²) in [6.07, 6.45) is 5.66. The van der Waals surface area contributed by atoms with Crippen LogP contribution in [0.2, 0.25) is 0 Å². The Labute approximate surface area is 121 Å². The summed E-state index contributed by atoms with van der Waals surface area (Å²) < 4.78 is 0. The summed E-state index contributed by atoms with van der Waals surface area (Å²) in [7, 11) is 0. The van der Waals surface area contributed by atoms with Crippen molar-refractivity contribution >= 4 is 5.69 Å². The third-order valence-electron chi connectivity index (χ3n) is 3.32. The number of hydrogen-bond donors (Lipinski definition) is 1. The molecule has 0 spiro atoms. The lowest BCUT2D eigenvalue weighted by Gasteiger charge is -2.21. The van der Waals surface area contributed by atoms with Gasteiger partial charge in [-0.2, -0.15) is 0 Å². The van der Waals surface area contributed by atoms with Gasteiger partial charge in [0.05, 0.1) is 6.04 Å². The maximum Gasteiger partial charge on any atom is 0.0548 e. The minimum absolute atomic E-state index is 0.250. The van der Waals surface area contributed by atoms with Crippen LogP contribution in [0.25, 0.3) is 0 Å². The Bertz CT molecular complexity index is 557. The predicted molar refractivity (Wildman–Crippen MR) is 88.0 cm³/mol. The molecule has 0 aliphatic heterocycles. The number of anilines is 1. The van der Waals surface area contributed by atoms with Crippen molar-refractivity contribution in [3.63, 3.8) is 0 Å². The van der Waals surface area contributed by atoms with Crippen molar-refractivity contribution < 1.29 is 0 Å². The molecule has 0 aromatic heterocycles. The Hall–Kier alpha value is -2.28. The highest BCUT2D eigenvalue weighted by molar-refractivity contribution is 5.53. The molecular weight excluding hydrogens is 242 g/mol. The highest BCUT2D eigenvalue weighted by Gasteiger charge is 2.10. The van der Waals surface area contributed by atoms with Crippen LogP contribution in [0.1, 0.15) is 23.6 Å². The lowest BCUT2D eigenvalue weighted by Crippen LogP contribution is -2.11. The van der Waals surface area contributed by atoms with E-state index in [0.29, 0.717) is 0 Å². The van der Waals surface area contributed by atoms with Gasteiger partial charge in [0.2, 0.25) is 0 Å². The molecule has 0 bridgehead atoms. The van der Waals surface area contributed by atoms with Gasteiger partial charge in [-0.05, 0) is 30.0 Å². The maximum atomic E-state index is 3.87. The monoisotopic (exact) mass is 263 g/mol. The summed E-state index contributed by atoms with van der Waals surface area (Å²) in [5.74, 6) is 0. The zero-order chi connectivity index (χ0) is 14.2. The largest absolute Gasteiger partial charge is 0.378 e. The van der Waals surface area contributed by atoms with Crippen LogP contribution in [0, 0.1) is 0 Å². The van der Waals surface area contributed by atoms with Crippen molar-refractivity contribution in [3.05, 3.63) is 91.0 Å². The summed E-state index contributed by atoms with van der Waals surface area (Å²) in [5, 5.41) is 3.63. The van der Waals surface area contributed by atoms with Crippen LogP contribution in [-0.2, 0) is 6.42 Å². The molecule has 1 nitrogen and oxygen atoms in total. The van der Waals surface area contributed by atoms with Crippen LogP contribution in [0.3, 0.4) is 0 Å². The van der Waals surface area contributed by atoms with Crippen LogP contribution < -0.4 is 5.32 Å². The summed E-state index contributed by atoms with van der Waals surface area (Å²) in [6, 6.07) is 19.1. The van der Waals surface area contributed by atoms with E-state index in [4.69, 9.17) is 0 Å². The fraction of sp³-hybridized carbons (Fsp3) is 0.158. The minimum Gasteiger partial charge on any atom is -0.378 e. The average Bonchev–Trinajstić information content (AvgIpc) is 2.50. The van der Waals surface area contributed by atoms with E-state index < -0.39 is 0 Å². The van der Waals surface area contributed by atoms with Crippen molar-refractivity contribution in [3.8, 4) is 0 Å². The molecule has 0 aliphatic rings. The second-order valence-electron chi connectivity index (χ2n) is 4.78. The van der Waals surface area contributed by atoms with Crippen molar-refractivity contribution in [2.45, 2.75) is 18.9 Å². The number of nitrogens with one attached hydrogen (secondary N) is 1. The van der Waals surface area contributed by atoms with Gasteiger partial charge < -0.3 is 5.32 Å². The molecule has 1 unspecified atom stereocenters. The van der Waals surface area contributed by atoms with Gasteiger partial charge in [-0.15, -0.1) is 13.2 Å². The molecular formula is C19H21N. The molecule has 1 atom stereocenters. The Morgan fingerprint density at radius 3 is 2.30 bits per heavy atom. The highest BCUT2D eigenvalue weighted by Crippen LogP contribution is 2.25. The third-order valence-corrected chi connectivity index (χ3v) is 3.32. The molecule has 1 heteroatoms. The Balaban J connectivity index is 2.24. The fourth-order valence-electron chi connectivity index (χ4n) is 2.31. The summed E-state index contributed by atoms with van der Waals surface area (Å²) in [4.78, 5) is 0. The van der Waals surface area contributed by atoms with E-state index >= 15 is 0 Å². The molecule has 102 valence electrons. The first-order valence-corrected chi connectivity index (χ1v) is 6.96. The minimum atomic E-state index is 0.250. The highest BCUT2D eigenvalue weighted by atomic mass is 14.9. The van der Waals surface area contributed by atoms with E-state index in [9.17, 15) is 0 Å². The lowest BCUT2D eigenvalue weighted by molar-refractivity contribution is 0.797. The quantitative estimate of drug-likeness (QED) is 0.682. The van der Waals surface area contributed by atoms with Gasteiger partial charge in [0.1, 0.15) is 0 Å². The Morgan fingerprint density at radius 1 is 0.900 bits per heavy atom. The Morgan fingerprint density at radius 2 is 1.60 bits per heavy atom. The van der Waals surface area contributed by atoms with Gasteiger partial charge in [0, 0.05) is 5.69 Å². The second-order valence-corrected chi connectivity index (χ2v) is 4.78. The first kappa shape index (κ1) is 14.1. The van der Waals surface area contributed by atoms with E-state index in [1.165, 1.54) is 16.8 Å². The second kappa shape index (κ2) is 7.34. The van der Waals surface area contributed by atoms with E-state index in [1.807, 2.05) is 18.2 Å². The normalized spacial score (nSPS) is 11.6. The van der Waals surface area contributed by atoms with Crippen LogP contribution in [0.15, 0.2) is 79.9 Å². The van der Waals surface area contributed by atoms with Crippen LogP contribution in [-0.4, -0.2) is 0 Å². The van der Waals surface area contributed by atoms with E-state index in [-0.39, 0.29) is 6.04 Å². The topological polar surface area (TPSA) is 12.0 Å². The summed E-state index contributed by atoms with van der Waals surface area (Å²) in [6.45, 7) is 7.70. The van der Waals surface area contributed by atoms with Crippen LogP contribution in [0.5, 0.6) is 0 Å². The molecule has 0 saturated carbocycles. The van der Waals surface area contributed by atoms with Gasteiger partial charge in [-0.25, -0.2) is 0 Å². The number of para-hydroxylation sites is 1. The van der Waals surface area contributed by atoms with Crippen molar-refractivity contribution in [2.75, 3.05) is 5.32 Å². The first-order valence-electron chi connectivity index (χ1n) is 6.96. The number of allylic oxidation sites excluding steroid dienone is 1.